The van der Waals surface area contributed by atoms with Crippen molar-refractivity contribution in [3.05, 3.63) is 29.8 Å². The highest BCUT2D eigenvalue weighted by Gasteiger charge is 2.43. The number of nitrogens with zero attached hydrogens (tertiary/aromatic N) is 1. The number of imide groups is 1. The molecule has 1 N–H and O–H groups in total. The third-order valence-corrected chi connectivity index (χ3v) is 3.81. The van der Waals surface area contributed by atoms with E-state index in [4.69, 9.17) is 9.47 Å². The van der Waals surface area contributed by atoms with Crippen LogP contribution in [0.4, 0.5) is 15.3 Å². The van der Waals surface area contributed by atoms with E-state index in [1.54, 1.807) is 46.8 Å². The van der Waals surface area contributed by atoms with Crippen LogP contribution in [0.2, 0.25) is 0 Å². The summed E-state index contributed by atoms with van der Waals surface area (Å²) in [5.74, 6) is -0.256. The summed E-state index contributed by atoms with van der Waals surface area (Å²) in [7, 11) is 0. The molecule has 7 nitrogen and oxygen atoms in total. The zero-order valence-electron chi connectivity index (χ0n) is 15.9. The second-order valence-corrected chi connectivity index (χ2v) is 7.92. The van der Waals surface area contributed by atoms with Gasteiger partial charge in [-0.15, -0.1) is 0 Å². The van der Waals surface area contributed by atoms with Crippen LogP contribution in [0.1, 0.15) is 46.6 Å². The molecular formula is C19H26N2O5. The summed E-state index contributed by atoms with van der Waals surface area (Å²) in [6.07, 6.45) is -0.407. The average Bonchev–Trinajstić information content (AvgIpc) is 2.77. The van der Waals surface area contributed by atoms with E-state index in [1.165, 1.54) is 4.90 Å². The van der Waals surface area contributed by atoms with Crippen molar-refractivity contribution in [3.63, 3.8) is 0 Å². The van der Waals surface area contributed by atoms with Gasteiger partial charge in [0.05, 0.1) is 5.54 Å². The van der Waals surface area contributed by atoms with E-state index in [0.717, 1.165) is 5.56 Å². The van der Waals surface area contributed by atoms with Crippen molar-refractivity contribution in [2.45, 2.75) is 58.6 Å². The van der Waals surface area contributed by atoms with Gasteiger partial charge < -0.3 is 9.47 Å². The first-order valence-corrected chi connectivity index (χ1v) is 8.57. The summed E-state index contributed by atoms with van der Waals surface area (Å²) in [5.41, 5.74) is 0.363. The second kappa shape index (κ2) is 7.35. The van der Waals surface area contributed by atoms with Crippen LogP contribution in [0.25, 0.3) is 0 Å². The summed E-state index contributed by atoms with van der Waals surface area (Å²) >= 11 is 0. The number of ether oxygens (including phenoxy) is 2. The van der Waals surface area contributed by atoms with Gasteiger partial charge in [0, 0.05) is 12.1 Å². The van der Waals surface area contributed by atoms with Gasteiger partial charge in [0.2, 0.25) is 5.91 Å². The van der Waals surface area contributed by atoms with Crippen molar-refractivity contribution in [3.8, 4) is 0 Å². The Morgan fingerprint density at radius 2 is 1.85 bits per heavy atom. The van der Waals surface area contributed by atoms with Gasteiger partial charge in [0.1, 0.15) is 12.2 Å². The van der Waals surface area contributed by atoms with E-state index in [-0.39, 0.29) is 18.9 Å². The molecule has 142 valence electrons. The van der Waals surface area contributed by atoms with Crippen LogP contribution < -0.4 is 5.32 Å². The molecule has 0 bridgehead atoms. The molecule has 2 rings (SSSR count). The van der Waals surface area contributed by atoms with Crippen LogP contribution in [-0.4, -0.2) is 40.7 Å². The van der Waals surface area contributed by atoms with Crippen molar-refractivity contribution in [2.24, 2.45) is 0 Å². The first-order chi connectivity index (χ1) is 12.0. The molecule has 3 amide bonds. The zero-order chi connectivity index (χ0) is 19.5. The van der Waals surface area contributed by atoms with Crippen molar-refractivity contribution in [2.75, 3.05) is 11.9 Å². The molecule has 0 atom stereocenters. The Kier molecular flexibility index (Phi) is 5.59. The number of anilines is 1. The smallest absolute Gasteiger partial charge is 0.417 e. The number of rotatable bonds is 4. The summed E-state index contributed by atoms with van der Waals surface area (Å²) in [4.78, 5) is 37.0. The molecule has 1 aromatic carbocycles. The quantitative estimate of drug-likeness (QED) is 0.882. The number of hydrogen-bond donors (Lipinski definition) is 1. The molecular weight excluding hydrogens is 336 g/mol. The molecule has 0 radical (unpaired) electrons. The van der Waals surface area contributed by atoms with Gasteiger partial charge in [-0.1, -0.05) is 12.1 Å². The maximum Gasteiger partial charge on any atom is 0.417 e. The summed E-state index contributed by atoms with van der Waals surface area (Å²) in [5, 5.41) is 2.65. The molecule has 1 fully saturated rings. The molecule has 7 heteroatoms. The number of benzene rings is 1. The van der Waals surface area contributed by atoms with Crippen LogP contribution in [0.5, 0.6) is 0 Å². The molecule has 0 aromatic heterocycles. The van der Waals surface area contributed by atoms with Crippen LogP contribution in [0.15, 0.2) is 24.3 Å². The third-order valence-electron chi connectivity index (χ3n) is 3.81. The summed E-state index contributed by atoms with van der Waals surface area (Å²) in [6.45, 7) is 9.20. The van der Waals surface area contributed by atoms with Gasteiger partial charge in [-0.25, -0.2) is 14.5 Å². The molecule has 1 aromatic rings. The molecule has 1 aliphatic rings. The Morgan fingerprint density at radius 3 is 2.35 bits per heavy atom. The maximum atomic E-state index is 12.3. The van der Waals surface area contributed by atoms with Crippen molar-refractivity contribution >= 4 is 23.8 Å². The molecule has 1 aliphatic heterocycles. The van der Waals surface area contributed by atoms with Gasteiger partial charge >= 0.3 is 12.2 Å². The Labute approximate surface area is 153 Å². The number of carbonyl (C=O) groups excluding carboxylic acids is 3. The predicted octanol–water partition coefficient (Wildman–Crippen LogP) is 3.72. The SMILES string of the molecule is CC(C)(C)OC(=O)Nc1ccc(CCC(=O)N2C(=O)OCC2(C)C)cc1. The van der Waals surface area contributed by atoms with Crippen molar-refractivity contribution < 1.29 is 23.9 Å². The lowest BCUT2D eigenvalue weighted by molar-refractivity contribution is -0.130. The fraction of sp³-hybridized carbons (Fsp3) is 0.526. The number of cyclic esters (lactones) is 1. The first kappa shape index (κ1) is 19.8. The monoisotopic (exact) mass is 362 g/mol. The van der Waals surface area contributed by atoms with Crippen molar-refractivity contribution in [1.82, 2.24) is 4.90 Å². The van der Waals surface area contributed by atoms with Crippen LogP contribution in [0, 0.1) is 0 Å². The van der Waals surface area contributed by atoms with Gasteiger partial charge in [-0.2, -0.15) is 0 Å². The number of nitrogens with one attached hydrogen (secondary N) is 1. The van der Waals surface area contributed by atoms with Crippen LogP contribution >= 0.6 is 0 Å². The summed E-state index contributed by atoms with van der Waals surface area (Å²) in [6, 6.07) is 7.15. The average molecular weight is 362 g/mol. The molecule has 26 heavy (non-hydrogen) atoms. The second-order valence-electron chi connectivity index (χ2n) is 7.92. The minimum Gasteiger partial charge on any atom is -0.447 e. The Hall–Kier alpha value is -2.57. The topological polar surface area (TPSA) is 84.9 Å². The lowest BCUT2D eigenvalue weighted by Crippen LogP contribution is -2.46. The Balaban J connectivity index is 1.88. The number of aryl methyl sites for hydroxylation is 1. The molecule has 0 aliphatic carbocycles. The molecule has 0 saturated carbocycles. The molecule has 0 spiro atoms. The number of carbonyl (C=O) groups is 3. The third kappa shape index (κ3) is 5.21. The van der Waals surface area contributed by atoms with E-state index in [2.05, 4.69) is 5.32 Å². The zero-order valence-corrected chi connectivity index (χ0v) is 15.9. The lowest BCUT2D eigenvalue weighted by atomic mass is 10.0. The van der Waals surface area contributed by atoms with Crippen molar-refractivity contribution in [1.29, 1.82) is 0 Å². The van der Waals surface area contributed by atoms with Crippen LogP contribution in [-0.2, 0) is 20.7 Å². The van der Waals surface area contributed by atoms with Gasteiger partial charge in [0.15, 0.2) is 0 Å². The lowest BCUT2D eigenvalue weighted by Gasteiger charge is -2.25. The Morgan fingerprint density at radius 1 is 1.23 bits per heavy atom. The highest BCUT2D eigenvalue weighted by atomic mass is 16.6. The minimum absolute atomic E-state index is 0.206. The van der Waals surface area contributed by atoms with E-state index in [9.17, 15) is 14.4 Å². The van der Waals surface area contributed by atoms with E-state index in [0.29, 0.717) is 12.1 Å². The fourth-order valence-corrected chi connectivity index (χ4v) is 2.59. The summed E-state index contributed by atoms with van der Waals surface area (Å²) < 4.78 is 10.1. The maximum absolute atomic E-state index is 12.3. The van der Waals surface area contributed by atoms with Gasteiger partial charge in [-0.3, -0.25) is 10.1 Å². The number of hydrogen-bond acceptors (Lipinski definition) is 5. The number of amides is 3. The van der Waals surface area contributed by atoms with E-state index < -0.39 is 23.3 Å². The predicted molar refractivity (Wildman–Crippen MR) is 96.9 cm³/mol. The molecule has 1 heterocycles. The minimum atomic E-state index is -0.616. The largest absolute Gasteiger partial charge is 0.447 e. The van der Waals surface area contributed by atoms with Crippen LogP contribution in [0.3, 0.4) is 0 Å². The normalized spacial score (nSPS) is 16.2. The standard InChI is InChI=1S/C19H26N2O5/c1-18(2,3)26-16(23)20-14-9-6-13(7-10-14)8-11-15(22)21-17(24)25-12-19(21,4)5/h6-7,9-10H,8,11-12H2,1-5H3,(H,20,23). The van der Waals surface area contributed by atoms with E-state index in [1.807, 2.05) is 12.1 Å². The first-order valence-electron chi connectivity index (χ1n) is 8.57. The molecule has 0 unspecified atom stereocenters. The van der Waals surface area contributed by atoms with Gasteiger partial charge in [0.25, 0.3) is 0 Å². The fourth-order valence-electron chi connectivity index (χ4n) is 2.59. The highest BCUT2D eigenvalue weighted by molar-refractivity contribution is 5.94. The Bertz CT molecular complexity index is 689. The highest BCUT2D eigenvalue weighted by Crippen LogP contribution is 2.24. The van der Waals surface area contributed by atoms with E-state index >= 15 is 0 Å². The van der Waals surface area contributed by atoms with Gasteiger partial charge in [-0.05, 0) is 58.7 Å². The molecule has 1 saturated heterocycles.